The fourth-order valence-corrected chi connectivity index (χ4v) is 2.05. The molecule has 0 amide bonds. The topological polar surface area (TPSA) is 67.1 Å². The van der Waals surface area contributed by atoms with Crippen LogP contribution in [0.15, 0.2) is 24.3 Å². The molecule has 0 saturated carbocycles. The van der Waals surface area contributed by atoms with E-state index in [1.807, 2.05) is 31.3 Å². The van der Waals surface area contributed by atoms with Gasteiger partial charge in [0.25, 0.3) is 0 Å². The Kier molecular flexibility index (Phi) is 3.62. The highest BCUT2D eigenvalue weighted by atomic mass is 15.3. The van der Waals surface area contributed by atoms with Crippen molar-refractivity contribution in [1.29, 1.82) is 0 Å². The summed E-state index contributed by atoms with van der Waals surface area (Å²) in [5.74, 6) is 7.33. The first-order valence-electron chi connectivity index (χ1n) is 6.06. The van der Waals surface area contributed by atoms with Gasteiger partial charge in [-0.05, 0) is 18.1 Å². The van der Waals surface area contributed by atoms with Crippen LogP contribution in [-0.2, 0) is 0 Å². The molecule has 0 atom stereocenters. The minimum Gasteiger partial charge on any atom is -0.359 e. The van der Waals surface area contributed by atoms with Gasteiger partial charge in [0.15, 0.2) is 0 Å². The second-order valence-corrected chi connectivity index (χ2v) is 4.81. The first-order chi connectivity index (χ1) is 8.61. The van der Waals surface area contributed by atoms with Gasteiger partial charge in [0.1, 0.15) is 5.82 Å². The van der Waals surface area contributed by atoms with Gasteiger partial charge >= 0.3 is 0 Å². The first-order valence-corrected chi connectivity index (χ1v) is 6.06. The number of rotatable bonds is 4. The largest absolute Gasteiger partial charge is 0.359 e. The number of aromatic nitrogens is 2. The first kappa shape index (κ1) is 12.6. The second kappa shape index (κ2) is 5.18. The van der Waals surface area contributed by atoms with Crippen molar-refractivity contribution in [3.8, 4) is 0 Å². The van der Waals surface area contributed by atoms with Crippen LogP contribution in [0.25, 0.3) is 10.9 Å². The second-order valence-electron chi connectivity index (χ2n) is 4.81. The molecule has 2 aromatic rings. The van der Waals surface area contributed by atoms with Crippen molar-refractivity contribution in [2.24, 2.45) is 11.8 Å². The number of hydrogen-bond acceptors (Lipinski definition) is 5. The van der Waals surface area contributed by atoms with Crippen LogP contribution in [-0.4, -0.2) is 23.6 Å². The van der Waals surface area contributed by atoms with Crippen LogP contribution in [0.5, 0.6) is 0 Å². The summed E-state index contributed by atoms with van der Waals surface area (Å²) >= 11 is 0. The van der Waals surface area contributed by atoms with Crippen molar-refractivity contribution >= 4 is 22.7 Å². The Balaban J connectivity index is 2.53. The smallest absolute Gasteiger partial charge is 0.239 e. The van der Waals surface area contributed by atoms with Gasteiger partial charge in [-0.15, -0.1) is 0 Å². The van der Waals surface area contributed by atoms with Gasteiger partial charge < -0.3 is 4.90 Å². The number of hydrogen-bond donors (Lipinski definition) is 2. The molecule has 0 radical (unpaired) electrons. The third-order valence-corrected chi connectivity index (χ3v) is 2.71. The summed E-state index contributed by atoms with van der Waals surface area (Å²) in [5.41, 5.74) is 3.41. The van der Waals surface area contributed by atoms with Crippen molar-refractivity contribution in [1.82, 2.24) is 9.97 Å². The summed E-state index contributed by atoms with van der Waals surface area (Å²) < 4.78 is 0. The van der Waals surface area contributed by atoms with Gasteiger partial charge in [-0.25, -0.2) is 10.8 Å². The summed E-state index contributed by atoms with van der Waals surface area (Å²) in [5, 5.41) is 1.04. The Hall–Kier alpha value is -1.88. The Morgan fingerprint density at radius 1 is 1.28 bits per heavy atom. The molecule has 96 valence electrons. The van der Waals surface area contributed by atoms with Gasteiger partial charge in [0.2, 0.25) is 5.95 Å². The highest BCUT2D eigenvalue weighted by Crippen LogP contribution is 2.24. The lowest BCUT2D eigenvalue weighted by Gasteiger charge is -2.22. The predicted molar refractivity (Wildman–Crippen MR) is 75.5 cm³/mol. The Bertz CT molecular complexity index is 538. The van der Waals surface area contributed by atoms with Crippen molar-refractivity contribution < 1.29 is 0 Å². The average molecular weight is 245 g/mol. The number of nitrogens with one attached hydrogen (secondary N) is 1. The number of para-hydroxylation sites is 1. The maximum atomic E-state index is 5.42. The molecule has 0 bridgehead atoms. The number of nitrogens with two attached hydrogens (primary N) is 1. The zero-order valence-corrected chi connectivity index (χ0v) is 11.0. The normalized spacial score (nSPS) is 10.9. The van der Waals surface area contributed by atoms with E-state index in [-0.39, 0.29) is 0 Å². The molecule has 5 nitrogen and oxygen atoms in total. The summed E-state index contributed by atoms with van der Waals surface area (Å²) in [4.78, 5) is 10.9. The fourth-order valence-electron chi connectivity index (χ4n) is 2.05. The third kappa shape index (κ3) is 2.51. The SMILES string of the molecule is CC(C)CN(C)c1nc(NN)nc2ccccc12. The van der Waals surface area contributed by atoms with E-state index in [0.29, 0.717) is 11.9 Å². The van der Waals surface area contributed by atoms with Gasteiger partial charge in [-0.1, -0.05) is 26.0 Å². The highest BCUT2D eigenvalue weighted by molar-refractivity contribution is 5.90. The van der Waals surface area contributed by atoms with Crippen molar-refractivity contribution in [2.75, 3.05) is 23.9 Å². The molecule has 1 heterocycles. The lowest BCUT2D eigenvalue weighted by atomic mass is 10.2. The van der Waals surface area contributed by atoms with E-state index in [1.54, 1.807) is 0 Å². The summed E-state index contributed by atoms with van der Waals surface area (Å²) in [6.45, 7) is 5.30. The van der Waals surface area contributed by atoms with Crippen LogP contribution in [0.4, 0.5) is 11.8 Å². The molecule has 18 heavy (non-hydrogen) atoms. The minimum atomic E-state index is 0.444. The van der Waals surface area contributed by atoms with Crippen LogP contribution in [0.1, 0.15) is 13.8 Å². The van der Waals surface area contributed by atoms with E-state index in [2.05, 4.69) is 34.1 Å². The molecular weight excluding hydrogens is 226 g/mol. The summed E-state index contributed by atoms with van der Waals surface area (Å²) in [7, 11) is 2.04. The Morgan fingerprint density at radius 2 is 2.00 bits per heavy atom. The lowest BCUT2D eigenvalue weighted by molar-refractivity contribution is 0.635. The predicted octanol–water partition coefficient (Wildman–Crippen LogP) is 2.01. The number of fused-ring (bicyclic) bond motifs is 1. The van der Waals surface area contributed by atoms with Crippen LogP contribution in [0.2, 0.25) is 0 Å². The van der Waals surface area contributed by atoms with E-state index in [1.165, 1.54) is 0 Å². The maximum Gasteiger partial charge on any atom is 0.239 e. The Morgan fingerprint density at radius 3 is 2.67 bits per heavy atom. The summed E-state index contributed by atoms with van der Waals surface area (Å²) in [6.07, 6.45) is 0. The quantitative estimate of drug-likeness (QED) is 0.637. The van der Waals surface area contributed by atoms with Crippen molar-refractivity contribution in [3.63, 3.8) is 0 Å². The van der Waals surface area contributed by atoms with Crippen molar-refractivity contribution in [2.45, 2.75) is 13.8 Å². The van der Waals surface area contributed by atoms with Crippen LogP contribution in [0.3, 0.4) is 0 Å². The molecule has 5 heteroatoms. The van der Waals surface area contributed by atoms with Crippen LogP contribution < -0.4 is 16.2 Å². The number of benzene rings is 1. The maximum absolute atomic E-state index is 5.42. The van der Waals surface area contributed by atoms with Gasteiger partial charge in [0.05, 0.1) is 5.52 Å². The van der Waals surface area contributed by atoms with Gasteiger partial charge in [-0.2, -0.15) is 4.98 Å². The number of nitrogens with zero attached hydrogens (tertiary/aromatic N) is 3. The number of anilines is 2. The fraction of sp³-hybridized carbons (Fsp3) is 0.385. The van der Waals surface area contributed by atoms with Gasteiger partial charge in [0, 0.05) is 19.0 Å². The molecule has 2 rings (SSSR count). The van der Waals surface area contributed by atoms with E-state index >= 15 is 0 Å². The minimum absolute atomic E-state index is 0.444. The molecule has 0 aliphatic rings. The zero-order valence-electron chi connectivity index (χ0n) is 11.0. The monoisotopic (exact) mass is 245 g/mol. The molecule has 0 aliphatic carbocycles. The van der Waals surface area contributed by atoms with Crippen LogP contribution in [0, 0.1) is 5.92 Å². The lowest BCUT2D eigenvalue weighted by Crippen LogP contribution is -2.24. The molecular formula is C13H19N5. The molecule has 0 aliphatic heterocycles. The highest BCUT2D eigenvalue weighted by Gasteiger charge is 2.11. The molecule has 0 fully saturated rings. The molecule has 0 spiro atoms. The molecule has 1 aromatic heterocycles. The van der Waals surface area contributed by atoms with Gasteiger partial charge in [-0.3, -0.25) is 5.43 Å². The molecule has 3 N–H and O–H groups in total. The number of nitrogen functional groups attached to an aromatic ring is 1. The number of hydrazine groups is 1. The third-order valence-electron chi connectivity index (χ3n) is 2.71. The van der Waals surface area contributed by atoms with E-state index in [9.17, 15) is 0 Å². The summed E-state index contributed by atoms with van der Waals surface area (Å²) in [6, 6.07) is 7.95. The molecule has 0 unspecified atom stereocenters. The average Bonchev–Trinajstić information content (AvgIpc) is 2.36. The van der Waals surface area contributed by atoms with E-state index in [4.69, 9.17) is 5.84 Å². The van der Waals surface area contributed by atoms with E-state index < -0.39 is 0 Å². The molecule has 1 aromatic carbocycles. The van der Waals surface area contributed by atoms with Crippen molar-refractivity contribution in [3.05, 3.63) is 24.3 Å². The standard InChI is InChI=1S/C13H19N5/c1-9(2)8-18(3)12-10-6-4-5-7-11(10)15-13(16-12)17-14/h4-7,9H,8,14H2,1-3H3,(H,15,16,17). The molecule has 0 saturated heterocycles. The Labute approximate surface area is 107 Å². The van der Waals surface area contributed by atoms with E-state index in [0.717, 1.165) is 23.3 Å². The van der Waals surface area contributed by atoms with Crippen LogP contribution >= 0.6 is 0 Å². The zero-order chi connectivity index (χ0) is 13.1.